The second-order valence-corrected chi connectivity index (χ2v) is 8.90. The van der Waals surface area contributed by atoms with E-state index in [0.29, 0.717) is 34.7 Å². The Kier molecular flexibility index (Phi) is 5.31. The van der Waals surface area contributed by atoms with Crippen LogP contribution < -0.4 is 10.4 Å². The average Bonchev–Trinajstić information content (AvgIpc) is 2.98. The van der Waals surface area contributed by atoms with E-state index in [1.54, 1.807) is 54.1 Å². The quantitative estimate of drug-likeness (QED) is 0.443. The lowest BCUT2D eigenvalue weighted by Crippen LogP contribution is -2.27. The lowest BCUT2D eigenvalue weighted by Gasteiger charge is -2.18. The maximum atomic E-state index is 15.6. The van der Waals surface area contributed by atoms with Crippen LogP contribution >= 0.6 is 0 Å². The van der Waals surface area contributed by atoms with Crippen molar-refractivity contribution in [3.05, 3.63) is 76.7 Å². The molecule has 0 unspecified atom stereocenters. The molecule has 0 N–H and O–H groups in total. The van der Waals surface area contributed by atoms with Gasteiger partial charge in [-0.25, -0.2) is 14.2 Å². The molecule has 0 fully saturated rings. The van der Waals surface area contributed by atoms with Crippen molar-refractivity contribution in [2.75, 3.05) is 0 Å². The van der Waals surface area contributed by atoms with Crippen molar-refractivity contribution < 1.29 is 9.13 Å². The largest absolute Gasteiger partial charge is 0.457 e. The van der Waals surface area contributed by atoms with E-state index in [1.165, 1.54) is 16.8 Å². The van der Waals surface area contributed by atoms with E-state index in [9.17, 15) is 4.79 Å². The smallest absolute Gasteiger partial charge is 0.328 e. The Hall–Kier alpha value is -3.92. The molecular formula is C25H23FN4O2. The Balaban J connectivity index is 1.77. The molecule has 0 aliphatic rings. The van der Waals surface area contributed by atoms with Gasteiger partial charge >= 0.3 is 5.69 Å². The number of ether oxygens (including phenoxy) is 1. The number of hydrogen-bond donors (Lipinski definition) is 0. The number of imidazole rings is 1. The van der Waals surface area contributed by atoms with Crippen molar-refractivity contribution in [2.45, 2.75) is 27.3 Å². The van der Waals surface area contributed by atoms with Gasteiger partial charge < -0.3 is 4.74 Å². The summed E-state index contributed by atoms with van der Waals surface area (Å²) in [5.74, 6) is 0.505. The summed E-state index contributed by atoms with van der Waals surface area (Å²) < 4.78 is 24.5. The molecule has 6 nitrogen and oxygen atoms in total. The van der Waals surface area contributed by atoms with Gasteiger partial charge in [0.2, 0.25) is 0 Å². The number of aryl methyl sites for hydroxylation is 1. The van der Waals surface area contributed by atoms with Gasteiger partial charge in [-0.1, -0.05) is 32.9 Å². The van der Waals surface area contributed by atoms with E-state index in [1.807, 2.05) is 26.8 Å². The van der Waals surface area contributed by atoms with Gasteiger partial charge in [-0.2, -0.15) is 5.26 Å². The Morgan fingerprint density at radius 3 is 2.59 bits per heavy atom. The zero-order valence-corrected chi connectivity index (χ0v) is 18.4. The van der Waals surface area contributed by atoms with Crippen molar-refractivity contribution >= 4 is 11.0 Å². The van der Waals surface area contributed by atoms with Gasteiger partial charge in [0.05, 0.1) is 5.52 Å². The summed E-state index contributed by atoms with van der Waals surface area (Å²) in [6, 6.07) is 15.7. The van der Waals surface area contributed by atoms with E-state index < -0.39 is 5.82 Å². The monoisotopic (exact) mass is 430 g/mol. The first-order valence-corrected chi connectivity index (χ1v) is 10.2. The van der Waals surface area contributed by atoms with Crippen LogP contribution in [0.3, 0.4) is 0 Å². The number of halogens is 1. The van der Waals surface area contributed by atoms with Crippen LogP contribution in [0.2, 0.25) is 0 Å². The fraction of sp³-hybridized carbons (Fsp3) is 0.240. The molecule has 4 aromatic rings. The van der Waals surface area contributed by atoms with Gasteiger partial charge in [-0.15, -0.1) is 0 Å². The van der Waals surface area contributed by atoms with Crippen LogP contribution in [0, 0.1) is 22.6 Å². The molecule has 162 valence electrons. The molecule has 32 heavy (non-hydrogen) atoms. The Labute approximate surface area is 185 Å². The van der Waals surface area contributed by atoms with Crippen LogP contribution in [0.4, 0.5) is 4.39 Å². The van der Waals surface area contributed by atoms with Crippen molar-refractivity contribution in [3.8, 4) is 28.7 Å². The standard InChI is InChI=1S/C25H23FN4O2/c1-25(2,3)15-30-21-9-8-20(22(26)23(21)29(4)24(30)31)16-6-5-7-18(12-16)32-19-10-11-28-17(13-19)14-27/h5-13H,15H2,1-4H3. The minimum atomic E-state index is -0.456. The van der Waals surface area contributed by atoms with E-state index in [4.69, 9.17) is 10.00 Å². The number of fused-ring (bicyclic) bond motifs is 1. The number of rotatable bonds is 4. The molecular weight excluding hydrogens is 407 g/mol. The van der Waals surface area contributed by atoms with Crippen LogP contribution in [0.5, 0.6) is 11.5 Å². The molecule has 2 aromatic carbocycles. The molecule has 0 aliphatic carbocycles. The minimum absolute atomic E-state index is 0.128. The highest BCUT2D eigenvalue weighted by Crippen LogP contribution is 2.32. The first kappa shape index (κ1) is 21.3. The maximum Gasteiger partial charge on any atom is 0.328 e. The summed E-state index contributed by atoms with van der Waals surface area (Å²) in [5.41, 5.74) is 1.71. The molecule has 0 saturated heterocycles. The van der Waals surface area contributed by atoms with E-state index in [2.05, 4.69) is 4.98 Å². The third kappa shape index (κ3) is 4.00. The molecule has 2 aromatic heterocycles. The minimum Gasteiger partial charge on any atom is -0.457 e. The molecule has 7 heteroatoms. The summed E-state index contributed by atoms with van der Waals surface area (Å²) >= 11 is 0. The van der Waals surface area contributed by atoms with Gasteiger partial charge in [0.15, 0.2) is 5.82 Å². The van der Waals surface area contributed by atoms with Gasteiger partial charge in [-0.05, 0) is 41.3 Å². The summed E-state index contributed by atoms with van der Waals surface area (Å²) in [6.07, 6.45) is 1.49. The number of aromatic nitrogens is 3. The second-order valence-electron chi connectivity index (χ2n) is 8.90. The molecule has 2 heterocycles. The molecule has 0 saturated carbocycles. The zero-order chi connectivity index (χ0) is 23.0. The maximum absolute atomic E-state index is 15.6. The van der Waals surface area contributed by atoms with E-state index in [-0.39, 0.29) is 22.3 Å². The highest BCUT2D eigenvalue weighted by Gasteiger charge is 2.21. The number of nitrogens with zero attached hydrogens (tertiary/aromatic N) is 4. The van der Waals surface area contributed by atoms with E-state index in [0.717, 1.165) is 0 Å². The molecule has 0 amide bonds. The number of benzene rings is 2. The molecule has 0 aliphatic heterocycles. The number of nitriles is 1. The fourth-order valence-electron chi connectivity index (χ4n) is 3.72. The average molecular weight is 430 g/mol. The zero-order valence-electron chi connectivity index (χ0n) is 18.4. The van der Waals surface area contributed by atoms with Crippen LogP contribution in [-0.2, 0) is 13.6 Å². The van der Waals surface area contributed by atoms with Gasteiger partial charge in [0.1, 0.15) is 28.8 Å². The molecule has 0 atom stereocenters. The first-order chi connectivity index (χ1) is 15.2. The lowest BCUT2D eigenvalue weighted by molar-refractivity contribution is 0.342. The van der Waals surface area contributed by atoms with Crippen molar-refractivity contribution in [2.24, 2.45) is 12.5 Å². The van der Waals surface area contributed by atoms with Crippen LogP contribution in [0.15, 0.2) is 59.5 Å². The second kappa shape index (κ2) is 7.97. The summed E-state index contributed by atoms with van der Waals surface area (Å²) in [4.78, 5) is 16.7. The van der Waals surface area contributed by atoms with Gasteiger partial charge in [0, 0.05) is 31.4 Å². The molecule has 0 spiro atoms. The highest BCUT2D eigenvalue weighted by molar-refractivity contribution is 5.84. The first-order valence-electron chi connectivity index (χ1n) is 10.2. The van der Waals surface area contributed by atoms with Crippen LogP contribution in [-0.4, -0.2) is 14.1 Å². The Bertz CT molecular complexity index is 1420. The summed E-state index contributed by atoms with van der Waals surface area (Å²) in [7, 11) is 1.59. The highest BCUT2D eigenvalue weighted by atomic mass is 19.1. The molecule has 0 radical (unpaired) electrons. The Morgan fingerprint density at radius 2 is 1.88 bits per heavy atom. The number of hydrogen-bond acceptors (Lipinski definition) is 4. The predicted molar refractivity (Wildman–Crippen MR) is 121 cm³/mol. The van der Waals surface area contributed by atoms with Crippen molar-refractivity contribution in [3.63, 3.8) is 0 Å². The van der Waals surface area contributed by atoms with Crippen LogP contribution in [0.1, 0.15) is 26.5 Å². The third-order valence-electron chi connectivity index (χ3n) is 5.10. The van der Waals surface area contributed by atoms with Gasteiger partial charge in [0.25, 0.3) is 0 Å². The normalized spacial score (nSPS) is 11.5. The number of pyridine rings is 1. The third-order valence-corrected chi connectivity index (χ3v) is 5.10. The van der Waals surface area contributed by atoms with E-state index >= 15 is 4.39 Å². The molecule has 4 rings (SSSR count). The summed E-state index contributed by atoms with van der Waals surface area (Å²) in [5, 5.41) is 9.01. The fourth-order valence-corrected chi connectivity index (χ4v) is 3.72. The Morgan fingerprint density at radius 1 is 1.12 bits per heavy atom. The van der Waals surface area contributed by atoms with Crippen molar-refractivity contribution in [1.29, 1.82) is 5.26 Å². The SMILES string of the molecule is Cn1c(=O)n(CC(C)(C)C)c2ccc(-c3cccc(Oc4ccnc(C#N)c4)c3)c(F)c21. The summed E-state index contributed by atoms with van der Waals surface area (Å²) in [6.45, 7) is 6.60. The molecule has 0 bridgehead atoms. The topological polar surface area (TPSA) is 72.8 Å². The predicted octanol–water partition coefficient (Wildman–Crippen LogP) is 5.25. The van der Waals surface area contributed by atoms with Gasteiger partial charge in [-0.3, -0.25) is 9.13 Å². The van der Waals surface area contributed by atoms with Crippen molar-refractivity contribution in [1.82, 2.24) is 14.1 Å². The lowest BCUT2D eigenvalue weighted by atomic mass is 9.97. The van der Waals surface area contributed by atoms with Crippen LogP contribution in [0.25, 0.3) is 22.2 Å².